The van der Waals surface area contributed by atoms with Crippen LogP contribution >= 0.6 is 27.3 Å². The van der Waals surface area contributed by atoms with Gasteiger partial charge in [0.15, 0.2) is 0 Å². The minimum Gasteiger partial charge on any atom is -0.342 e. The number of hydrogen-bond donors (Lipinski definition) is 1. The fourth-order valence-electron chi connectivity index (χ4n) is 3.63. The van der Waals surface area contributed by atoms with Crippen molar-refractivity contribution in [3.8, 4) is 10.6 Å². The summed E-state index contributed by atoms with van der Waals surface area (Å²) >= 11 is 5.02. The Labute approximate surface area is 193 Å². The smallest absolute Gasteiger partial charge is 0.228 e. The van der Waals surface area contributed by atoms with E-state index in [1.165, 1.54) is 0 Å². The number of hydrogen-bond acceptors (Lipinski definition) is 5. The van der Waals surface area contributed by atoms with Gasteiger partial charge in [0.1, 0.15) is 10.8 Å². The van der Waals surface area contributed by atoms with Crippen molar-refractivity contribution in [1.82, 2.24) is 14.9 Å². The third kappa shape index (κ3) is 5.57. The minimum absolute atomic E-state index is 0.0247. The average molecular weight is 499 g/mol. The number of anilines is 1. The molecule has 0 bridgehead atoms. The van der Waals surface area contributed by atoms with E-state index in [2.05, 4.69) is 31.2 Å². The van der Waals surface area contributed by atoms with Crippen LogP contribution in [0, 0.1) is 12.8 Å². The SMILES string of the molecule is Cc1ccnc(NC(=O)C2CCN(C(=O)Cc3csc(-c4cccc(Br)c4)n3)CC2)c1. The normalized spacial score (nSPS) is 14.5. The van der Waals surface area contributed by atoms with Crippen molar-refractivity contribution < 1.29 is 9.59 Å². The molecule has 3 aromatic rings. The summed E-state index contributed by atoms with van der Waals surface area (Å²) in [5, 5.41) is 5.75. The number of halogens is 1. The van der Waals surface area contributed by atoms with Crippen molar-refractivity contribution in [2.24, 2.45) is 5.92 Å². The maximum Gasteiger partial charge on any atom is 0.228 e. The van der Waals surface area contributed by atoms with Gasteiger partial charge in [0.05, 0.1) is 12.1 Å². The lowest BCUT2D eigenvalue weighted by molar-refractivity contribution is -0.133. The summed E-state index contributed by atoms with van der Waals surface area (Å²) in [6.07, 6.45) is 3.29. The number of aryl methyl sites for hydroxylation is 1. The van der Waals surface area contributed by atoms with E-state index >= 15 is 0 Å². The largest absolute Gasteiger partial charge is 0.342 e. The van der Waals surface area contributed by atoms with Crippen LogP contribution in [-0.2, 0) is 16.0 Å². The number of benzene rings is 1. The summed E-state index contributed by atoms with van der Waals surface area (Å²) in [7, 11) is 0. The Morgan fingerprint density at radius 1 is 1.23 bits per heavy atom. The van der Waals surface area contributed by atoms with Gasteiger partial charge in [-0.05, 0) is 49.6 Å². The van der Waals surface area contributed by atoms with Gasteiger partial charge in [0, 0.05) is 40.6 Å². The van der Waals surface area contributed by atoms with Crippen molar-refractivity contribution in [2.75, 3.05) is 18.4 Å². The molecule has 2 amide bonds. The number of nitrogens with one attached hydrogen (secondary N) is 1. The standard InChI is InChI=1S/C23H23BrN4O2S/c1-15-5-8-25-20(11-15)27-22(30)16-6-9-28(10-7-16)21(29)13-19-14-31-23(26-19)17-3-2-4-18(24)12-17/h2-5,8,11-12,14,16H,6-7,9-10,13H2,1H3,(H,25,27,30). The number of likely N-dealkylation sites (tertiary alicyclic amines) is 1. The van der Waals surface area contributed by atoms with Gasteiger partial charge in [0.25, 0.3) is 0 Å². The number of aromatic nitrogens is 2. The molecule has 1 saturated heterocycles. The number of amides is 2. The van der Waals surface area contributed by atoms with Gasteiger partial charge < -0.3 is 10.2 Å². The molecule has 1 aliphatic heterocycles. The second-order valence-electron chi connectivity index (χ2n) is 7.69. The lowest BCUT2D eigenvalue weighted by Gasteiger charge is -2.31. The van der Waals surface area contributed by atoms with Gasteiger partial charge in [0.2, 0.25) is 11.8 Å². The molecular formula is C23H23BrN4O2S. The van der Waals surface area contributed by atoms with E-state index in [-0.39, 0.29) is 24.2 Å². The van der Waals surface area contributed by atoms with Crippen LogP contribution in [0.3, 0.4) is 0 Å². The molecule has 4 rings (SSSR count). The van der Waals surface area contributed by atoms with Crippen LogP contribution in [-0.4, -0.2) is 39.8 Å². The molecule has 2 aromatic heterocycles. The second kappa shape index (κ2) is 9.70. The lowest BCUT2D eigenvalue weighted by atomic mass is 9.95. The van der Waals surface area contributed by atoms with Crippen molar-refractivity contribution in [2.45, 2.75) is 26.2 Å². The van der Waals surface area contributed by atoms with Crippen molar-refractivity contribution in [1.29, 1.82) is 0 Å². The van der Waals surface area contributed by atoms with Gasteiger partial charge in [-0.1, -0.05) is 28.1 Å². The molecule has 8 heteroatoms. The predicted octanol–water partition coefficient (Wildman–Crippen LogP) is 4.70. The van der Waals surface area contributed by atoms with E-state index in [0.29, 0.717) is 31.7 Å². The third-order valence-corrected chi connectivity index (χ3v) is 6.77. The Morgan fingerprint density at radius 2 is 2.03 bits per heavy atom. The second-order valence-corrected chi connectivity index (χ2v) is 9.47. The van der Waals surface area contributed by atoms with E-state index in [9.17, 15) is 9.59 Å². The topological polar surface area (TPSA) is 75.2 Å². The Morgan fingerprint density at radius 3 is 2.77 bits per heavy atom. The molecule has 0 unspecified atom stereocenters. The van der Waals surface area contributed by atoms with Crippen LogP contribution in [0.2, 0.25) is 0 Å². The summed E-state index contributed by atoms with van der Waals surface area (Å²) in [6, 6.07) is 11.7. The zero-order valence-electron chi connectivity index (χ0n) is 17.2. The van der Waals surface area contributed by atoms with Gasteiger partial charge in [-0.25, -0.2) is 9.97 Å². The first-order valence-electron chi connectivity index (χ1n) is 10.2. The van der Waals surface area contributed by atoms with Crippen LogP contribution in [0.25, 0.3) is 10.6 Å². The number of carbonyl (C=O) groups excluding carboxylic acids is 2. The molecule has 0 spiro atoms. The summed E-state index contributed by atoms with van der Waals surface area (Å²) in [5.74, 6) is 0.510. The molecule has 3 heterocycles. The summed E-state index contributed by atoms with van der Waals surface area (Å²) in [4.78, 5) is 35.9. The monoisotopic (exact) mass is 498 g/mol. The van der Waals surface area contributed by atoms with Gasteiger partial charge in [-0.15, -0.1) is 11.3 Å². The summed E-state index contributed by atoms with van der Waals surface area (Å²) < 4.78 is 1.00. The van der Waals surface area contributed by atoms with Gasteiger partial charge >= 0.3 is 0 Å². The van der Waals surface area contributed by atoms with Crippen molar-refractivity contribution in [3.05, 3.63) is 63.7 Å². The lowest BCUT2D eigenvalue weighted by Crippen LogP contribution is -2.42. The molecule has 6 nitrogen and oxygen atoms in total. The Kier molecular flexibility index (Phi) is 6.77. The predicted molar refractivity (Wildman–Crippen MR) is 126 cm³/mol. The third-order valence-electron chi connectivity index (χ3n) is 5.34. The Balaban J connectivity index is 1.29. The first kappa shape index (κ1) is 21.6. The van der Waals surface area contributed by atoms with E-state index in [0.717, 1.165) is 26.3 Å². The fourth-order valence-corrected chi connectivity index (χ4v) is 4.85. The zero-order chi connectivity index (χ0) is 21.8. The minimum atomic E-state index is -0.103. The van der Waals surface area contributed by atoms with Crippen molar-refractivity contribution >= 4 is 44.9 Å². The highest BCUT2D eigenvalue weighted by Crippen LogP contribution is 2.27. The van der Waals surface area contributed by atoms with E-state index in [1.54, 1.807) is 17.5 Å². The molecule has 31 heavy (non-hydrogen) atoms. The van der Waals surface area contributed by atoms with E-state index < -0.39 is 0 Å². The number of thiazole rings is 1. The fraction of sp³-hybridized carbons (Fsp3) is 0.304. The molecular weight excluding hydrogens is 476 g/mol. The first-order chi connectivity index (χ1) is 15.0. The number of pyridine rings is 1. The first-order valence-corrected chi connectivity index (χ1v) is 11.9. The maximum absolute atomic E-state index is 12.7. The number of carbonyl (C=O) groups is 2. The van der Waals surface area contributed by atoms with Crippen molar-refractivity contribution in [3.63, 3.8) is 0 Å². The molecule has 1 aliphatic rings. The Hall–Kier alpha value is -2.58. The molecule has 160 valence electrons. The zero-order valence-corrected chi connectivity index (χ0v) is 19.6. The van der Waals surface area contributed by atoms with Crippen LogP contribution in [0.4, 0.5) is 5.82 Å². The van der Waals surface area contributed by atoms with Gasteiger partial charge in [-0.3, -0.25) is 9.59 Å². The van der Waals surface area contributed by atoms with Crippen LogP contribution in [0.15, 0.2) is 52.4 Å². The number of piperidine rings is 1. The van der Waals surface area contributed by atoms with E-state index in [1.807, 2.05) is 53.6 Å². The summed E-state index contributed by atoms with van der Waals surface area (Å²) in [5.41, 5.74) is 2.87. The molecule has 0 radical (unpaired) electrons. The van der Waals surface area contributed by atoms with Gasteiger partial charge in [-0.2, -0.15) is 0 Å². The Bertz CT molecular complexity index is 1090. The quantitative estimate of drug-likeness (QED) is 0.553. The molecule has 0 saturated carbocycles. The maximum atomic E-state index is 12.7. The molecule has 0 atom stereocenters. The highest BCUT2D eigenvalue weighted by molar-refractivity contribution is 9.10. The van der Waals surface area contributed by atoms with Crippen LogP contribution < -0.4 is 5.32 Å². The average Bonchev–Trinajstić information content (AvgIpc) is 3.22. The molecule has 1 aromatic carbocycles. The van der Waals surface area contributed by atoms with Crippen LogP contribution in [0.1, 0.15) is 24.1 Å². The molecule has 0 aliphatic carbocycles. The molecule has 1 N–H and O–H groups in total. The molecule has 1 fully saturated rings. The highest BCUT2D eigenvalue weighted by atomic mass is 79.9. The number of nitrogens with zero attached hydrogens (tertiary/aromatic N) is 3. The highest BCUT2D eigenvalue weighted by Gasteiger charge is 2.28. The summed E-state index contributed by atoms with van der Waals surface area (Å²) in [6.45, 7) is 3.13. The van der Waals surface area contributed by atoms with Crippen LogP contribution in [0.5, 0.6) is 0 Å². The number of rotatable bonds is 5. The van der Waals surface area contributed by atoms with E-state index in [4.69, 9.17) is 0 Å².